The first kappa shape index (κ1) is 35.4. The van der Waals surface area contributed by atoms with Crippen LogP contribution in [-0.2, 0) is 0 Å². The Hall–Kier alpha value is -8.55. The summed E-state index contributed by atoms with van der Waals surface area (Å²) in [6.07, 6.45) is 7.03. The Bertz CT molecular complexity index is 3490. The molecule has 7 aromatic carbocycles. The minimum Gasteiger partial charge on any atom is -0.455 e. The Morgan fingerprint density at radius 1 is 0.339 bits per heavy atom. The van der Waals surface area contributed by atoms with Crippen molar-refractivity contribution in [1.29, 1.82) is 0 Å². The fourth-order valence-corrected chi connectivity index (χ4v) is 8.84. The molecule has 290 valence electrons. The number of aromatic nitrogens is 6. The number of benzene rings is 7. The summed E-state index contributed by atoms with van der Waals surface area (Å²) in [5.74, 6) is 1.67. The molecule has 5 heterocycles. The summed E-state index contributed by atoms with van der Waals surface area (Å²) >= 11 is 0. The highest BCUT2D eigenvalue weighted by Crippen LogP contribution is 2.47. The van der Waals surface area contributed by atoms with Crippen LogP contribution in [0.25, 0.3) is 117 Å². The van der Waals surface area contributed by atoms with Crippen LogP contribution in [0.5, 0.6) is 0 Å². The maximum Gasteiger partial charge on any atom is 0.164 e. The molecule has 0 aliphatic rings. The Morgan fingerprint density at radius 3 is 1.40 bits per heavy atom. The lowest BCUT2D eigenvalue weighted by atomic mass is 9.92. The molecule has 0 radical (unpaired) electrons. The summed E-state index contributed by atoms with van der Waals surface area (Å²) in [7, 11) is 0. The fraction of sp³-hybridized carbons (Fsp3) is 0. The highest BCUT2D eigenvalue weighted by molar-refractivity contribution is 6.25. The van der Waals surface area contributed by atoms with Gasteiger partial charge in [-0.25, -0.2) is 15.0 Å². The smallest absolute Gasteiger partial charge is 0.164 e. The van der Waals surface area contributed by atoms with Crippen LogP contribution in [0.15, 0.2) is 211 Å². The Morgan fingerprint density at radius 2 is 0.823 bits per heavy atom. The van der Waals surface area contributed by atoms with Crippen molar-refractivity contribution < 1.29 is 4.42 Å². The molecule has 7 heteroatoms. The van der Waals surface area contributed by atoms with E-state index in [1.165, 1.54) is 0 Å². The van der Waals surface area contributed by atoms with Gasteiger partial charge in [0.05, 0.1) is 22.1 Å². The van der Waals surface area contributed by atoms with Crippen LogP contribution < -0.4 is 0 Å². The molecule has 0 saturated carbocycles. The molecular formula is C55H34N6O. The molecule has 0 N–H and O–H groups in total. The van der Waals surface area contributed by atoms with Crippen molar-refractivity contribution in [3.05, 3.63) is 207 Å². The van der Waals surface area contributed by atoms with E-state index >= 15 is 0 Å². The summed E-state index contributed by atoms with van der Waals surface area (Å²) in [5.41, 5.74) is 13.8. The minimum absolute atomic E-state index is 0.556. The van der Waals surface area contributed by atoms with Crippen molar-refractivity contribution >= 4 is 43.7 Å². The van der Waals surface area contributed by atoms with Crippen molar-refractivity contribution in [2.75, 3.05) is 0 Å². The van der Waals surface area contributed by atoms with E-state index in [0.717, 1.165) is 99.5 Å². The molecule has 0 unspecified atom stereocenters. The lowest BCUT2D eigenvalue weighted by Crippen LogP contribution is -2.04. The van der Waals surface area contributed by atoms with Crippen LogP contribution in [-0.4, -0.2) is 29.5 Å². The maximum atomic E-state index is 7.07. The van der Waals surface area contributed by atoms with E-state index in [4.69, 9.17) is 19.4 Å². The predicted molar refractivity (Wildman–Crippen MR) is 250 cm³/mol. The van der Waals surface area contributed by atoms with Gasteiger partial charge in [0.2, 0.25) is 0 Å². The summed E-state index contributed by atoms with van der Waals surface area (Å²) in [5, 5.41) is 4.35. The Labute approximate surface area is 356 Å². The van der Waals surface area contributed by atoms with Crippen LogP contribution in [0.4, 0.5) is 0 Å². The number of hydrogen-bond acceptors (Lipinski definition) is 6. The summed E-state index contributed by atoms with van der Waals surface area (Å²) in [6.45, 7) is 0. The van der Waals surface area contributed by atoms with E-state index in [2.05, 4.69) is 166 Å². The van der Waals surface area contributed by atoms with E-state index < -0.39 is 0 Å². The molecule has 62 heavy (non-hydrogen) atoms. The monoisotopic (exact) mass is 794 g/mol. The van der Waals surface area contributed by atoms with E-state index in [-0.39, 0.29) is 0 Å². The molecular weight excluding hydrogens is 761 g/mol. The van der Waals surface area contributed by atoms with Gasteiger partial charge in [0.1, 0.15) is 11.2 Å². The lowest BCUT2D eigenvalue weighted by molar-refractivity contribution is 0.674. The second-order valence-corrected chi connectivity index (χ2v) is 15.3. The number of para-hydroxylation sites is 2. The van der Waals surface area contributed by atoms with Gasteiger partial charge in [0.25, 0.3) is 0 Å². The maximum absolute atomic E-state index is 7.07. The van der Waals surface area contributed by atoms with Crippen LogP contribution in [0, 0.1) is 0 Å². The number of rotatable bonds is 7. The molecule has 7 nitrogen and oxygen atoms in total. The normalized spacial score (nSPS) is 11.5. The quantitative estimate of drug-likeness (QED) is 0.160. The van der Waals surface area contributed by atoms with Crippen molar-refractivity contribution in [3.63, 3.8) is 0 Å². The third-order valence-electron chi connectivity index (χ3n) is 11.7. The fourth-order valence-electron chi connectivity index (χ4n) is 8.84. The second kappa shape index (κ2) is 14.6. The average molecular weight is 795 g/mol. The van der Waals surface area contributed by atoms with E-state index in [1.807, 2.05) is 30.3 Å². The molecule has 0 saturated heterocycles. The zero-order chi connectivity index (χ0) is 41.0. The van der Waals surface area contributed by atoms with Crippen molar-refractivity contribution in [2.45, 2.75) is 0 Å². The van der Waals surface area contributed by atoms with Gasteiger partial charge in [-0.1, -0.05) is 127 Å². The highest BCUT2D eigenvalue weighted by atomic mass is 16.3. The standard InChI is InChI=1S/C55H34N6O/c1-4-13-35(14-5-1)41-20-12-21-42-43-23-24-48-49(52(43)62-51(41)42)44-19-10-11-22-47(44)61(48)50-45(36-15-6-2-7-16-36)33-40(34-46(50)37-17-8-3-9-18-37)55-59-53(38-25-29-56-30-26-38)58-54(60-55)39-27-31-57-32-28-39/h1-34H. The molecule has 5 aromatic heterocycles. The van der Waals surface area contributed by atoms with Gasteiger partial charge in [0.15, 0.2) is 17.5 Å². The Kier molecular flexibility index (Phi) is 8.35. The topological polar surface area (TPSA) is 82.5 Å². The number of pyridine rings is 2. The highest BCUT2D eigenvalue weighted by Gasteiger charge is 2.25. The van der Waals surface area contributed by atoms with E-state index in [0.29, 0.717) is 17.5 Å². The minimum atomic E-state index is 0.556. The molecule has 0 bridgehead atoms. The molecule has 0 amide bonds. The van der Waals surface area contributed by atoms with Crippen LogP contribution in [0.3, 0.4) is 0 Å². The molecule has 0 atom stereocenters. The summed E-state index contributed by atoms with van der Waals surface area (Å²) in [4.78, 5) is 23.8. The van der Waals surface area contributed by atoms with Gasteiger partial charge in [-0.15, -0.1) is 0 Å². The number of furan rings is 1. The van der Waals surface area contributed by atoms with E-state index in [1.54, 1.807) is 24.8 Å². The lowest BCUT2D eigenvalue weighted by Gasteiger charge is -2.21. The third-order valence-corrected chi connectivity index (χ3v) is 11.7. The van der Waals surface area contributed by atoms with Crippen LogP contribution in [0.2, 0.25) is 0 Å². The predicted octanol–water partition coefficient (Wildman–Crippen LogP) is 13.7. The molecule has 0 spiro atoms. The largest absolute Gasteiger partial charge is 0.455 e. The van der Waals surface area contributed by atoms with Crippen molar-refractivity contribution in [2.24, 2.45) is 0 Å². The first-order chi connectivity index (χ1) is 30.8. The molecule has 12 aromatic rings. The summed E-state index contributed by atoms with van der Waals surface area (Å²) < 4.78 is 9.49. The first-order valence-corrected chi connectivity index (χ1v) is 20.6. The SMILES string of the molecule is c1ccc(-c2cc(-c3nc(-c4ccncc4)nc(-c4ccncc4)n3)cc(-c3ccccc3)c2-n2c3ccccc3c3c4oc5c(-c6ccccc6)cccc5c4ccc32)cc1. The van der Waals surface area contributed by atoms with Gasteiger partial charge >= 0.3 is 0 Å². The van der Waals surface area contributed by atoms with E-state index in [9.17, 15) is 0 Å². The van der Waals surface area contributed by atoms with Crippen LogP contribution in [0.1, 0.15) is 0 Å². The van der Waals surface area contributed by atoms with Gasteiger partial charge in [-0.05, 0) is 71.3 Å². The zero-order valence-corrected chi connectivity index (χ0v) is 33.2. The summed E-state index contributed by atoms with van der Waals surface area (Å²) in [6, 6.07) is 63.4. The Balaban J connectivity index is 1.18. The van der Waals surface area contributed by atoms with Gasteiger partial charge in [-0.3, -0.25) is 9.97 Å². The number of hydrogen-bond donors (Lipinski definition) is 0. The van der Waals surface area contributed by atoms with Crippen LogP contribution >= 0.6 is 0 Å². The second-order valence-electron chi connectivity index (χ2n) is 15.3. The van der Waals surface area contributed by atoms with Gasteiger partial charge < -0.3 is 8.98 Å². The average Bonchev–Trinajstić information content (AvgIpc) is 3.91. The molecule has 0 aliphatic carbocycles. The first-order valence-electron chi connectivity index (χ1n) is 20.6. The number of nitrogens with zero attached hydrogens (tertiary/aromatic N) is 6. The number of fused-ring (bicyclic) bond motifs is 7. The van der Waals surface area contributed by atoms with Crippen molar-refractivity contribution in [1.82, 2.24) is 29.5 Å². The molecule has 12 rings (SSSR count). The molecule has 0 aliphatic heterocycles. The zero-order valence-electron chi connectivity index (χ0n) is 33.2. The third kappa shape index (κ3) is 5.86. The van der Waals surface area contributed by atoms with Gasteiger partial charge in [-0.2, -0.15) is 0 Å². The van der Waals surface area contributed by atoms with Crippen molar-refractivity contribution in [3.8, 4) is 73.2 Å². The molecule has 0 fully saturated rings. The van der Waals surface area contributed by atoms with Gasteiger partial charge in [0, 0.05) is 74.3 Å².